The van der Waals surface area contributed by atoms with Crippen molar-refractivity contribution in [1.29, 1.82) is 0 Å². The molecule has 0 radical (unpaired) electrons. The molecule has 3 rings (SSSR count). The van der Waals surface area contributed by atoms with Crippen molar-refractivity contribution in [3.8, 4) is 0 Å². The number of imidazole rings is 1. The number of carboxylic acid groups (broad SMARTS) is 1. The average Bonchev–Trinajstić information content (AvgIpc) is 2.90. The van der Waals surface area contributed by atoms with Gasteiger partial charge >= 0.3 is 5.97 Å². The molecule has 0 bridgehead atoms. The number of nitrogens with zero attached hydrogens (tertiary/aromatic N) is 2. The normalized spacial score (nSPS) is 9.85. The maximum absolute atomic E-state index is 10.9. The van der Waals surface area contributed by atoms with E-state index in [-0.39, 0.29) is 5.56 Å². The lowest BCUT2D eigenvalue weighted by Gasteiger charge is -1.92. The van der Waals surface area contributed by atoms with E-state index < -0.39 is 5.97 Å². The van der Waals surface area contributed by atoms with E-state index in [9.17, 15) is 9.59 Å². The molecule has 3 aromatic rings. The number of aromatic nitrogens is 4. The number of hydrogen-bond acceptors (Lipinski definition) is 4. The van der Waals surface area contributed by atoms with Crippen LogP contribution >= 0.6 is 0 Å². The highest BCUT2D eigenvalue weighted by molar-refractivity contribution is 5.87. The van der Waals surface area contributed by atoms with Crippen molar-refractivity contribution >= 4 is 17.1 Å². The molecule has 0 aliphatic rings. The Kier molecular flexibility index (Phi) is 3.90. The highest BCUT2D eigenvalue weighted by Gasteiger charge is 1.98. The summed E-state index contributed by atoms with van der Waals surface area (Å²) in [7, 11) is 0. The number of H-pyrrole nitrogens is 2. The summed E-state index contributed by atoms with van der Waals surface area (Å²) in [4.78, 5) is 33.9. The Morgan fingerprint density at radius 1 is 1.10 bits per heavy atom. The minimum Gasteiger partial charge on any atom is -0.478 e. The minimum atomic E-state index is -0.875. The molecule has 0 fully saturated rings. The van der Waals surface area contributed by atoms with E-state index >= 15 is 0 Å². The van der Waals surface area contributed by atoms with Crippen molar-refractivity contribution in [2.75, 3.05) is 0 Å². The topological polar surface area (TPSA) is 112 Å². The van der Waals surface area contributed by atoms with Crippen LogP contribution in [0.1, 0.15) is 15.9 Å². The highest BCUT2D eigenvalue weighted by atomic mass is 16.4. The van der Waals surface area contributed by atoms with E-state index in [4.69, 9.17) is 5.11 Å². The highest BCUT2D eigenvalue weighted by Crippen LogP contribution is 2.01. The second kappa shape index (κ2) is 5.79. The van der Waals surface area contributed by atoms with Crippen LogP contribution < -0.4 is 5.56 Å². The molecule has 0 atom stereocenters. The lowest BCUT2D eigenvalue weighted by molar-refractivity contribution is 0.0697. The van der Waals surface area contributed by atoms with Gasteiger partial charge in [0.15, 0.2) is 11.2 Å². The molecular weight excluding hydrogens is 260 g/mol. The molecule has 1 aromatic carbocycles. The Balaban J connectivity index is 0.000000147. The quantitative estimate of drug-likeness (QED) is 0.619. The summed E-state index contributed by atoms with van der Waals surface area (Å²) >= 11 is 0. The molecular formula is C13H12N4O3. The molecule has 20 heavy (non-hydrogen) atoms. The summed E-state index contributed by atoms with van der Waals surface area (Å²) in [6.45, 7) is 1.92. The van der Waals surface area contributed by atoms with Crippen LogP contribution in [0.15, 0.2) is 41.7 Å². The maximum Gasteiger partial charge on any atom is 0.335 e. The predicted octanol–water partition coefficient (Wildman–Crippen LogP) is 1.34. The molecule has 7 nitrogen and oxygen atoms in total. The number of benzene rings is 1. The van der Waals surface area contributed by atoms with Crippen LogP contribution in [0, 0.1) is 6.92 Å². The Labute approximate surface area is 113 Å². The number of rotatable bonds is 1. The predicted molar refractivity (Wildman–Crippen MR) is 72.6 cm³/mol. The summed E-state index contributed by atoms with van der Waals surface area (Å²) in [5.41, 5.74) is 2.09. The van der Waals surface area contributed by atoms with Crippen LogP contribution in [0.2, 0.25) is 0 Å². The third-order valence-electron chi connectivity index (χ3n) is 2.53. The Hall–Kier alpha value is -2.96. The zero-order valence-electron chi connectivity index (χ0n) is 10.6. The smallest absolute Gasteiger partial charge is 0.335 e. The van der Waals surface area contributed by atoms with Crippen LogP contribution in [0.3, 0.4) is 0 Å². The molecule has 0 amide bonds. The lowest BCUT2D eigenvalue weighted by atomic mass is 10.2. The number of carboxylic acids is 1. The standard InChI is InChI=1S/C8H8O2.C5H4N4O/c1-6-2-4-7(5-3-6)8(9)10;10-5-3-4(7-1-6-3)8-2-9-5/h2-5H,1H3,(H,9,10);1-2H,(H2,6,7,8,9,10). The van der Waals surface area contributed by atoms with Crippen molar-refractivity contribution in [3.63, 3.8) is 0 Å². The van der Waals surface area contributed by atoms with E-state index in [0.717, 1.165) is 5.56 Å². The van der Waals surface area contributed by atoms with Crippen LogP contribution in [0.25, 0.3) is 11.2 Å². The fourth-order valence-electron chi connectivity index (χ4n) is 1.47. The Bertz CT molecular complexity index is 774. The van der Waals surface area contributed by atoms with Gasteiger partial charge in [0.1, 0.15) is 0 Å². The molecule has 0 saturated heterocycles. The monoisotopic (exact) mass is 272 g/mol. The van der Waals surface area contributed by atoms with Gasteiger partial charge < -0.3 is 15.1 Å². The van der Waals surface area contributed by atoms with Crippen LogP contribution in [0.5, 0.6) is 0 Å². The van der Waals surface area contributed by atoms with E-state index in [1.807, 2.05) is 6.92 Å². The Morgan fingerprint density at radius 3 is 2.25 bits per heavy atom. The third kappa shape index (κ3) is 3.08. The van der Waals surface area contributed by atoms with Gasteiger partial charge in [-0.3, -0.25) is 4.79 Å². The van der Waals surface area contributed by atoms with Gasteiger partial charge in [-0.05, 0) is 19.1 Å². The van der Waals surface area contributed by atoms with Crippen molar-refractivity contribution < 1.29 is 9.90 Å². The summed E-state index contributed by atoms with van der Waals surface area (Å²) in [6, 6.07) is 6.75. The second-order valence-corrected chi connectivity index (χ2v) is 4.00. The van der Waals surface area contributed by atoms with Gasteiger partial charge in [-0.2, -0.15) is 0 Å². The number of hydrogen-bond donors (Lipinski definition) is 3. The van der Waals surface area contributed by atoms with E-state index in [1.165, 1.54) is 12.7 Å². The fourth-order valence-corrected chi connectivity index (χ4v) is 1.47. The van der Waals surface area contributed by atoms with Crippen molar-refractivity contribution in [3.05, 3.63) is 58.4 Å². The zero-order chi connectivity index (χ0) is 14.5. The minimum absolute atomic E-state index is 0.192. The number of nitrogens with one attached hydrogen (secondary N) is 2. The molecule has 102 valence electrons. The Morgan fingerprint density at radius 2 is 1.70 bits per heavy atom. The first-order valence-electron chi connectivity index (χ1n) is 5.74. The first-order chi connectivity index (χ1) is 9.58. The molecule has 0 aliphatic heterocycles. The summed E-state index contributed by atoms with van der Waals surface area (Å²) in [5.74, 6) is -0.875. The number of fused-ring (bicyclic) bond motifs is 1. The van der Waals surface area contributed by atoms with Gasteiger partial charge in [0.05, 0.1) is 18.2 Å². The van der Waals surface area contributed by atoms with Gasteiger partial charge in [-0.1, -0.05) is 17.7 Å². The van der Waals surface area contributed by atoms with Crippen molar-refractivity contribution in [2.45, 2.75) is 6.92 Å². The van der Waals surface area contributed by atoms with E-state index in [2.05, 4.69) is 19.9 Å². The van der Waals surface area contributed by atoms with Crippen LogP contribution in [-0.2, 0) is 0 Å². The van der Waals surface area contributed by atoms with Gasteiger partial charge in [-0.25, -0.2) is 14.8 Å². The van der Waals surface area contributed by atoms with E-state index in [1.54, 1.807) is 24.3 Å². The SMILES string of the molecule is Cc1ccc(C(=O)O)cc1.O=c1[nH]cnc2nc[nH]c12. The summed E-state index contributed by atoms with van der Waals surface area (Å²) in [6.07, 6.45) is 2.76. The number of aryl methyl sites for hydroxylation is 1. The molecule has 0 unspecified atom stereocenters. The van der Waals surface area contributed by atoms with Gasteiger partial charge in [0.25, 0.3) is 5.56 Å². The maximum atomic E-state index is 10.9. The second-order valence-electron chi connectivity index (χ2n) is 4.00. The number of carbonyl (C=O) groups is 1. The third-order valence-corrected chi connectivity index (χ3v) is 2.53. The number of aromatic amines is 2. The zero-order valence-corrected chi connectivity index (χ0v) is 10.6. The summed E-state index contributed by atoms with van der Waals surface area (Å²) < 4.78 is 0. The first kappa shape index (κ1) is 13.5. The molecule has 0 aliphatic carbocycles. The van der Waals surface area contributed by atoms with Crippen molar-refractivity contribution in [1.82, 2.24) is 19.9 Å². The van der Waals surface area contributed by atoms with Gasteiger partial charge in [0, 0.05) is 0 Å². The van der Waals surface area contributed by atoms with E-state index in [0.29, 0.717) is 16.7 Å². The molecule has 0 spiro atoms. The lowest BCUT2D eigenvalue weighted by Crippen LogP contribution is -2.05. The fraction of sp³-hybridized carbons (Fsp3) is 0.0769. The van der Waals surface area contributed by atoms with Gasteiger partial charge in [0.2, 0.25) is 0 Å². The average molecular weight is 272 g/mol. The molecule has 0 saturated carbocycles. The molecule has 3 N–H and O–H groups in total. The molecule has 2 heterocycles. The number of aromatic carboxylic acids is 1. The molecule has 2 aromatic heterocycles. The first-order valence-corrected chi connectivity index (χ1v) is 5.74. The summed E-state index contributed by atoms with van der Waals surface area (Å²) in [5, 5.41) is 8.48. The van der Waals surface area contributed by atoms with Crippen LogP contribution in [-0.4, -0.2) is 31.0 Å². The largest absolute Gasteiger partial charge is 0.478 e. The van der Waals surface area contributed by atoms with Crippen molar-refractivity contribution in [2.24, 2.45) is 0 Å². The van der Waals surface area contributed by atoms with Crippen LogP contribution in [0.4, 0.5) is 0 Å². The van der Waals surface area contributed by atoms with Gasteiger partial charge in [-0.15, -0.1) is 0 Å². The molecule has 7 heteroatoms.